The average molecular weight is 194 g/mol. The molecule has 82 valence electrons. The Morgan fingerprint density at radius 1 is 0.714 bits per heavy atom. The Morgan fingerprint density at radius 3 is 1.07 bits per heavy atom. The van der Waals surface area contributed by atoms with Crippen LogP contribution < -0.4 is 0 Å². The van der Waals surface area contributed by atoms with Crippen LogP contribution >= 0.6 is 0 Å². The van der Waals surface area contributed by atoms with Crippen LogP contribution in [0.1, 0.15) is 41.5 Å². The molecule has 0 N–H and O–H groups in total. The van der Waals surface area contributed by atoms with Gasteiger partial charge >= 0.3 is 0 Å². The van der Waals surface area contributed by atoms with Gasteiger partial charge in [-0.05, 0) is 37.5 Å². The van der Waals surface area contributed by atoms with Crippen LogP contribution in [0.15, 0.2) is 24.3 Å². The van der Waals surface area contributed by atoms with Crippen LogP contribution in [0.3, 0.4) is 0 Å². The third-order valence-electron chi connectivity index (χ3n) is 3.96. The van der Waals surface area contributed by atoms with Gasteiger partial charge in [0, 0.05) is 0 Å². The molecule has 0 radical (unpaired) electrons. The van der Waals surface area contributed by atoms with Gasteiger partial charge in [0.2, 0.25) is 0 Å². The van der Waals surface area contributed by atoms with E-state index in [1.54, 1.807) is 0 Å². The lowest BCUT2D eigenvalue weighted by Gasteiger charge is -2.31. The van der Waals surface area contributed by atoms with Crippen molar-refractivity contribution in [2.75, 3.05) is 0 Å². The zero-order chi connectivity index (χ0) is 11.5. The highest BCUT2D eigenvalue weighted by atomic mass is 14.3. The van der Waals surface area contributed by atoms with Crippen molar-refractivity contribution < 1.29 is 0 Å². The van der Waals surface area contributed by atoms with E-state index >= 15 is 0 Å². The van der Waals surface area contributed by atoms with E-state index in [1.165, 1.54) is 11.1 Å². The first-order valence-electron chi connectivity index (χ1n) is 5.59. The van der Waals surface area contributed by atoms with Gasteiger partial charge in [0.25, 0.3) is 0 Å². The summed E-state index contributed by atoms with van der Waals surface area (Å²) in [5.41, 5.74) is 2.58. The molecule has 0 aliphatic carbocycles. The molecule has 0 fully saturated rings. The molecule has 0 rings (SSSR count). The highest BCUT2D eigenvalue weighted by Gasteiger charge is 2.24. The molecule has 0 amide bonds. The Bertz CT molecular complexity index is 188. The molecule has 0 saturated carbocycles. The van der Waals surface area contributed by atoms with Crippen LogP contribution in [0.2, 0.25) is 0 Å². The van der Waals surface area contributed by atoms with E-state index in [9.17, 15) is 0 Å². The lowest BCUT2D eigenvalue weighted by molar-refractivity contribution is 0.254. The lowest BCUT2D eigenvalue weighted by Crippen LogP contribution is -2.23. The normalized spacial score (nSPS) is 19.6. The minimum atomic E-state index is 0.604. The summed E-state index contributed by atoms with van der Waals surface area (Å²) in [6, 6.07) is 0. The summed E-state index contributed by atoms with van der Waals surface area (Å²) in [7, 11) is 0. The van der Waals surface area contributed by atoms with Crippen molar-refractivity contribution in [3.63, 3.8) is 0 Å². The number of hydrogen-bond acceptors (Lipinski definition) is 0. The van der Waals surface area contributed by atoms with Crippen molar-refractivity contribution in [1.82, 2.24) is 0 Å². The fourth-order valence-corrected chi connectivity index (χ4v) is 1.81. The van der Waals surface area contributed by atoms with E-state index in [1.807, 2.05) is 0 Å². The van der Waals surface area contributed by atoms with Gasteiger partial charge in [-0.1, -0.05) is 52.0 Å². The van der Waals surface area contributed by atoms with E-state index in [0.717, 1.165) is 0 Å². The van der Waals surface area contributed by atoms with E-state index in [-0.39, 0.29) is 0 Å². The largest absolute Gasteiger partial charge is 0.0999 e. The van der Waals surface area contributed by atoms with E-state index in [4.69, 9.17) is 0 Å². The second-order valence-corrected chi connectivity index (χ2v) is 4.99. The van der Waals surface area contributed by atoms with Crippen LogP contribution in [0.25, 0.3) is 0 Å². The van der Waals surface area contributed by atoms with Gasteiger partial charge in [0.05, 0.1) is 0 Å². The van der Waals surface area contributed by atoms with Crippen molar-refractivity contribution in [2.24, 2.45) is 23.7 Å². The molecule has 4 unspecified atom stereocenters. The van der Waals surface area contributed by atoms with Gasteiger partial charge < -0.3 is 0 Å². The summed E-state index contributed by atoms with van der Waals surface area (Å²) in [6.45, 7) is 21.5. The Hall–Kier alpha value is -0.520. The maximum atomic E-state index is 4.04. The van der Waals surface area contributed by atoms with Crippen molar-refractivity contribution in [2.45, 2.75) is 41.5 Å². The topological polar surface area (TPSA) is 0 Å². The molecule has 0 heteroatoms. The van der Waals surface area contributed by atoms with Crippen LogP contribution in [0.5, 0.6) is 0 Å². The second-order valence-electron chi connectivity index (χ2n) is 4.99. The monoisotopic (exact) mass is 194 g/mol. The Balaban J connectivity index is 4.45. The summed E-state index contributed by atoms with van der Waals surface area (Å²) in [5.74, 6) is 2.57. The first-order chi connectivity index (χ1) is 6.29. The van der Waals surface area contributed by atoms with Crippen LogP contribution in [0.4, 0.5) is 0 Å². The van der Waals surface area contributed by atoms with Gasteiger partial charge in [-0.3, -0.25) is 0 Å². The molecule has 0 aromatic heterocycles. The third-order valence-corrected chi connectivity index (χ3v) is 3.96. The molecule has 4 atom stereocenters. The molecule has 0 heterocycles. The molecule has 0 nitrogen and oxygen atoms in total. The molecular formula is C14H26. The van der Waals surface area contributed by atoms with Gasteiger partial charge in [0.1, 0.15) is 0 Å². The molecule has 0 spiro atoms. The SMILES string of the molecule is C=C(C)C(C)C(C)C(C)C(C)C(=C)C. The van der Waals surface area contributed by atoms with Crippen molar-refractivity contribution in [3.05, 3.63) is 24.3 Å². The van der Waals surface area contributed by atoms with Crippen molar-refractivity contribution in [1.29, 1.82) is 0 Å². The Labute approximate surface area is 90.1 Å². The number of allylic oxidation sites excluding steroid dienone is 2. The van der Waals surface area contributed by atoms with Crippen LogP contribution in [0, 0.1) is 23.7 Å². The summed E-state index contributed by atoms with van der Waals surface area (Å²) >= 11 is 0. The summed E-state index contributed by atoms with van der Waals surface area (Å²) < 4.78 is 0. The fraction of sp³-hybridized carbons (Fsp3) is 0.714. The molecule has 14 heavy (non-hydrogen) atoms. The number of rotatable bonds is 5. The predicted molar refractivity (Wildman–Crippen MR) is 66.3 cm³/mol. The highest BCUT2D eigenvalue weighted by Crippen LogP contribution is 2.32. The van der Waals surface area contributed by atoms with Crippen molar-refractivity contribution in [3.8, 4) is 0 Å². The molecule has 0 aliphatic heterocycles. The van der Waals surface area contributed by atoms with Crippen molar-refractivity contribution >= 4 is 0 Å². The van der Waals surface area contributed by atoms with E-state index in [0.29, 0.717) is 23.7 Å². The highest BCUT2D eigenvalue weighted by molar-refractivity contribution is 5.01. The summed E-state index contributed by atoms with van der Waals surface area (Å²) in [5, 5.41) is 0. The molecule has 0 aliphatic rings. The minimum absolute atomic E-state index is 0.604. The third kappa shape index (κ3) is 3.32. The molecule has 0 saturated heterocycles. The Kier molecular flexibility index (Phi) is 5.18. The zero-order valence-electron chi connectivity index (χ0n) is 10.7. The molecular weight excluding hydrogens is 168 g/mol. The first-order valence-corrected chi connectivity index (χ1v) is 5.59. The van der Waals surface area contributed by atoms with Gasteiger partial charge in [-0.2, -0.15) is 0 Å². The van der Waals surface area contributed by atoms with Gasteiger partial charge in [-0.25, -0.2) is 0 Å². The van der Waals surface area contributed by atoms with Gasteiger partial charge in [0.15, 0.2) is 0 Å². The first kappa shape index (κ1) is 13.5. The predicted octanol–water partition coefficient (Wildman–Crippen LogP) is 4.68. The molecule has 0 bridgehead atoms. The summed E-state index contributed by atoms with van der Waals surface area (Å²) in [4.78, 5) is 0. The fourth-order valence-electron chi connectivity index (χ4n) is 1.81. The smallest absolute Gasteiger partial charge is 0.0209 e. The maximum absolute atomic E-state index is 4.04. The average Bonchev–Trinajstić information content (AvgIpc) is 2.12. The minimum Gasteiger partial charge on any atom is -0.0999 e. The second kappa shape index (κ2) is 5.38. The lowest BCUT2D eigenvalue weighted by atomic mass is 9.74. The molecule has 0 aromatic rings. The standard InChI is InChI=1S/C14H26/c1-9(2)11(5)13(7)14(8)12(6)10(3)4/h11-14H,1,3H2,2,4-8H3. The summed E-state index contributed by atoms with van der Waals surface area (Å²) in [6.07, 6.45) is 0. The molecule has 0 aromatic carbocycles. The van der Waals surface area contributed by atoms with Gasteiger partial charge in [-0.15, -0.1) is 0 Å². The zero-order valence-corrected chi connectivity index (χ0v) is 10.7. The maximum Gasteiger partial charge on any atom is -0.0209 e. The van der Waals surface area contributed by atoms with E-state index < -0.39 is 0 Å². The number of hydrogen-bond donors (Lipinski definition) is 0. The Morgan fingerprint density at radius 2 is 0.929 bits per heavy atom. The quantitative estimate of drug-likeness (QED) is 0.557. The van der Waals surface area contributed by atoms with E-state index in [2.05, 4.69) is 54.7 Å². The van der Waals surface area contributed by atoms with Crippen LogP contribution in [-0.2, 0) is 0 Å². The van der Waals surface area contributed by atoms with Crippen LogP contribution in [-0.4, -0.2) is 0 Å².